The fourth-order valence-electron chi connectivity index (χ4n) is 2.72. The van der Waals surface area contributed by atoms with E-state index in [-0.39, 0.29) is 11.8 Å². The molecule has 2 aromatic carbocycles. The van der Waals surface area contributed by atoms with Crippen LogP contribution in [0.2, 0.25) is 5.02 Å². The number of nitrogens with one attached hydrogen (secondary N) is 3. The molecule has 0 aliphatic heterocycles. The second-order valence-corrected chi connectivity index (χ2v) is 6.27. The van der Waals surface area contributed by atoms with Crippen molar-refractivity contribution < 1.29 is 9.59 Å². The summed E-state index contributed by atoms with van der Waals surface area (Å²) >= 11 is 6.03. The fraction of sp³-hybridized carbons (Fsp3) is 0.158. The van der Waals surface area contributed by atoms with E-state index in [0.29, 0.717) is 21.8 Å². The first kappa shape index (κ1) is 17.0. The number of benzene rings is 2. The normalized spacial score (nSPS) is 10.7. The number of aryl methyl sites for hydroxylation is 2. The van der Waals surface area contributed by atoms with Gasteiger partial charge in [0.15, 0.2) is 0 Å². The van der Waals surface area contributed by atoms with Gasteiger partial charge >= 0.3 is 0 Å². The Morgan fingerprint density at radius 3 is 2.52 bits per heavy atom. The number of hydrogen-bond acceptors (Lipinski definition) is 2. The van der Waals surface area contributed by atoms with Crippen LogP contribution in [0.3, 0.4) is 0 Å². The molecule has 0 unspecified atom stereocenters. The first-order valence-corrected chi connectivity index (χ1v) is 8.20. The molecule has 0 spiro atoms. The Hall–Kier alpha value is -2.79. The van der Waals surface area contributed by atoms with Crippen LogP contribution in [0.5, 0.6) is 0 Å². The molecule has 0 aliphatic carbocycles. The maximum atomic E-state index is 12.6. The first-order valence-electron chi connectivity index (χ1n) is 7.82. The van der Waals surface area contributed by atoms with Gasteiger partial charge in [-0.05, 0) is 55.8 Å². The van der Waals surface area contributed by atoms with Crippen molar-refractivity contribution in [3.8, 4) is 0 Å². The second-order valence-electron chi connectivity index (χ2n) is 5.86. The summed E-state index contributed by atoms with van der Waals surface area (Å²) in [6.07, 6.45) is 0. The largest absolute Gasteiger partial charge is 0.358 e. The molecule has 0 radical (unpaired) electrons. The third-order valence-electron chi connectivity index (χ3n) is 4.27. The molecular weight excluding hydrogens is 338 g/mol. The highest BCUT2D eigenvalue weighted by molar-refractivity contribution is 6.34. The van der Waals surface area contributed by atoms with Crippen LogP contribution in [0.4, 0.5) is 5.69 Å². The van der Waals surface area contributed by atoms with Gasteiger partial charge in [-0.1, -0.05) is 11.6 Å². The van der Waals surface area contributed by atoms with Crippen molar-refractivity contribution in [1.29, 1.82) is 0 Å². The molecule has 3 aromatic rings. The lowest BCUT2D eigenvalue weighted by Gasteiger charge is -2.09. The van der Waals surface area contributed by atoms with E-state index in [1.54, 1.807) is 24.3 Å². The highest BCUT2D eigenvalue weighted by Gasteiger charge is 2.13. The number of carbonyl (C=O) groups excluding carboxylic acids is 2. The minimum Gasteiger partial charge on any atom is -0.358 e. The molecule has 1 heterocycles. The van der Waals surface area contributed by atoms with Crippen LogP contribution >= 0.6 is 11.6 Å². The molecule has 25 heavy (non-hydrogen) atoms. The summed E-state index contributed by atoms with van der Waals surface area (Å²) in [7, 11) is 1.53. The van der Waals surface area contributed by atoms with Crippen molar-refractivity contribution in [2.75, 3.05) is 12.4 Å². The lowest BCUT2D eigenvalue weighted by atomic mass is 10.1. The van der Waals surface area contributed by atoms with Crippen LogP contribution < -0.4 is 10.6 Å². The van der Waals surface area contributed by atoms with Crippen LogP contribution in [0.1, 0.15) is 32.0 Å². The number of fused-ring (bicyclic) bond motifs is 1. The number of aromatic nitrogens is 1. The molecule has 0 saturated heterocycles. The van der Waals surface area contributed by atoms with Gasteiger partial charge in [-0.15, -0.1) is 0 Å². The van der Waals surface area contributed by atoms with Gasteiger partial charge in [-0.3, -0.25) is 9.59 Å². The van der Waals surface area contributed by atoms with E-state index in [2.05, 4.69) is 15.6 Å². The summed E-state index contributed by atoms with van der Waals surface area (Å²) in [6.45, 7) is 4.02. The summed E-state index contributed by atoms with van der Waals surface area (Å²) in [5.41, 5.74) is 4.58. The maximum absolute atomic E-state index is 12.6. The van der Waals surface area contributed by atoms with Crippen LogP contribution in [0.15, 0.2) is 36.4 Å². The van der Waals surface area contributed by atoms with Gasteiger partial charge in [-0.2, -0.15) is 0 Å². The zero-order valence-corrected chi connectivity index (χ0v) is 14.9. The van der Waals surface area contributed by atoms with Crippen molar-refractivity contribution in [3.63, 3.8) is 0 Å². The first-order chi connectivity index (χ1) is 11.9. The van der Waals surface area contributed by atoms with Gasteiger partial charge in [0.05, 0.1) is 10.6 Å². The molecule has 5 nitrogen and oxygen atoms in total. The van der Waals surface area contributed by atoms with Crippen molar-refractivity contribution in [1.82, 2.24) is 10.3 Å². The summed E-state index contributed by atoms with van der Waals surface area (Å²) in [6, 6.07) is 10.3. The van der Waals surface area contributed by atoms with E-state index in [1.165, 1.54) is 7.05 Å². The van der Waals surface area contributed by atoms with Gasteiger partial charge in [0.25, 0.3) is 11.8 Å². The van der Waals surface area contributed by atoms with E-state index < -0.39 is 0 Å². The van der Waals surface area contributed by atoms with Gasteiger partial charge < -0.3 is 15.6 Å². The Morgan fingerprint density at radius 1 is 1.04 bits per heavy atom. The minimum atomic E-state index is -0.305. The van der Waals surface area contributed by atoms with E-state index in [0.717, 1.165) is 22.2 Å². The highest BCUT2D eigenvalue weighted by Crippen LogP contribution is 2.24. The average Bonchev–Trinajstić information content (AvgIpc) is 2.89. The van der Waals surface area contributed by atoms with Gasteiger partial charge in [0, 0.05) is 34.9 Å². The number of carbonyl (C=O) groups is 2. The molecule has 0 fully saturated rings. The molecule has 3 N–H and O–H groups in total. The average molecular weight is 356 g/mol. The molecule has 6 heteroatoms. The predicted molar refractivity (Wildman–Crippen MR) is 101 cm³/mol. The summed E-state index contributed by atoms with van der Waals surface area (Å²) in [5, 5.41) is 6.68. The van der Waals surface area contributed by atoms with Crippen molar-refractivity contribution in [2.45, 2.75) is 13.8 Å². The number of anilines is 1. The third kappa shape index (κ3) is 3.23. The fourth-order valence-corrected chi connectivity index (χ4v) is 2.92. The lowest BCUT2D eigenvalue weighted by Crippen LogP contribution is -2.19. The van der Waals surface area contributed by atoms with E-state index in [1.807, 2.05) is 26.0 Å². The van der Waals surface area contributed by atoms with Crippen LogP contribution in [-0.2, 0) is 0 Å². The molecule has 128 valence electrons. The SMILES string of the molecule is CNC(=O)c1cc(NC(=O)c2ccc3[nH]c(C)c(C)c3c2)ccc1Cl. The Morgan fingerprint density at radius 2 is 1.80 bits per heavy atom. The second kappa shape index (κ2) is 6.61. The molecule has 0 atom stereocenters. The quantitative estimate of drug-likeness (QED) is 0.663. The molecule has 2 amide bonds. The summed E-state index contributed by atoms with van der Waals surface area (Å²) < 4.78 is 0. The van der Waals surface area contributed by atoms with Crippen molar-refractivity contribution in [2.24, 2.45) is 0 Å². The molecule has 0 bridgehead atoms. The van der Waals surface area contributed by atoms with Gasteiger partial charge in [0.2, 0.25) is 0 Å². The third-order valence-corrected chi connectivity index (χ3v) is 4.60. The van der Waals surface area contributed by atoms with E-state index in [4.69, 9.17) is 11.6 Å². The van der Waals surface area contributed by atoms with Gasteiger partial charge in [0.1, 0.15) is 0 Å². The Bertz CT molecular complexity index is 992. The van der Waals surface area contributed by atoms with Crippen LogP contribution in [0, 0.1) is 13.8 Å². The van der Waals surface area contributed by atoms with Crippen molar-refractivity contribution >= 4 is 40.0 Å². The highest BCUT2D eigenvalue weighted by atomic mass is 35.5. The predicted octanol–water partition coefficient (Wildman–Crippen LogP) is 4.05. The lowest BCUT2D eigenvalue weighted by molar-refractivity contribution is 0.0961. The number of halogens is 1. The summed E-state index contributed by atoms with van der Waals surface area (Å²) in [5.74, 6) is -0.550. The molecule has 0 saturated carbocycles. The number of hydrogen-bond donors (Lipinski definition) is 3. The maximum Gasteiger partial charge on any atom is 0.255 e. The molecular formula is C19H18ClN3O2. The minimum absolute atomic E-state index is 0.245. The molecule has 1 aromatic heterocycles. The zero-order chi connectivity index (χ0) is 18.1. The van der Waals surface area contributed by atoms with Crippen LogP contribution in [0.25, 0.3) is 10.9 Å². The number of H-pyrrole nitrogens is 1. The zero-order valence-electron chi connectivity index (χ0n) is 14.2. The molecule has 3 rings (SSSR count). The summed E-state index contributed by atoms with van der Waals surface area (Å²) in [4.78, 5) is 27.7. The smallest absolute Gasteiger partial charge is 0.255 e. The number of amides is 2. The molecule has 0 aliphatic rings. The monoisotopic (exact) mass is 355 g/mol. The Kier molecular flexibility index (Phi) is 4.51. The standard InChI is InChI=1S/C19H18ClN3O2/c1-10-11(2)22-17-7-4-12(8-14(10)17)18(24)23-13-5-6-16(20)15(9-13)19(25)21-3/h4-9,22H,1-3H3,(H,21,25)(H,23,24). The number of aromatic amines is 1. The van der Waals surface area contributed by atoms with E-state index in [9.17, 15) is 9.59 Å². The van der Waals surface area contributed by atoms with Gasteiger partial charge in [-0.25, -0.2) is 0 Å². The van der Waals surface area contributed by atoms with Crippen molar-refractivity contribution in [3.05, 3.63) is 63.8 Å². The van der Waals surface area contributed by atoms with E-state index >= 15 is 0 Å². The van der Waals surface area contributed by atoms with Crippen LogP contribution in [-0.4, -0.2) is 23.8 Å². The Labute approximate surface area is 150 Å². The number of rotatable bonds is 3. The Balaban J connectivity index is 1.90. The topological polar surface area (TPSA) is 74.0 Å².